The van der Waals surface area contributed by atoms with Crippen LogP contribution in [0.3, 0.4) is 0 Å². The molecule has 1 N–H and O–H groups in total. The lowest BCUT2D eigenvalue weighted by Gasteiger charge is -2.05. The zero-order valence-corrected chi connectivity index (χ0v) is 10.9. The smallest absolute Gasteiger partial charge is 0.371 e. The molecule has 0 aliphatic carbocycles. The third kappa shape index (κ3) is 2.96. The van der Waals surface area contributed by atoms with E-state index >= 15 is 0 Å². The minimum absolute atomic E-state index is 0.00521. The molecule has 0 aliphatic rings. The highest BCUT2D eigenvalue weighted by Crippen LogP contribution is 2.27. The standard InChI is InChI=1S/C14H14O3S/c1-2-10-5-3-4-6-13(10)18-9-11-7-8-12(17-11)14(15)16/h3-8H,2,9H2,1H3,(H,15,16). The number of thioether (sulfide) groups is 1. The number of aryl methyl sites for hydroxylation is 1. The Labute approximate surface area is 110 Å². The molecule has 0 fully saturated rings. The molecule has 0 saturated carbocycles. The lowest BCUT2D eigenvalue weighted by atomic mass is 10.2. The normalized spacial score (nSPS) is 10.5. The highest BCUT2D eigenvalue weighted by molar-refractivity contribution is 7.98. The summed E-state index contributed by atoms with van der Waals surface area (Å²) in [7, 11) is 0. The molecular formula is C14H14O3S. The third-order valence-electron chi connectivity index (χ3n) is 2.60. The zero-order chi connectivity index (χ0) is 13.0. The largest absolute Gasteiger partial charge is 0.475 e. The van der Waals surface area contributed by atoms with Gasteiger partial charge < -0.3 is 9.52 Å². The van der Waals surface area contributed by atoms with Crippen molar-refractivity contribution in [3.63, 3.8) is 0 Å². The highest BCUT2D eigenvalue weighted by Gasteiger charge is 2.09. The number of carboxylic acids is 1. The van der Waals surface area contributed by atoms with E-state index in [1.807, 2.05) is 12.1 Å². The SMILES string of the molecule is CCc1ccccc1SCc1ccc(C(=O)O)o1. The summed E-state index contributed by atoms with van der Waals surface area (Å²) >= 11 is 1.66. The van der Waals surface area contributed by atoms with Crippen LogP contribution in [0.4, 0.5) is 0 Å². The Morgan fingerprint density at radius 1 is 1.28 bits per heavy atom. The van der Waals surface area contributed by atoms with Gasteiger partial charge in [-0.05, 0) is 30.2 Å². The Morgan fingerprint density at radius 2 is 2.06 bits per heavy atom. The molecule has 1 aromatic carbocycles. The van der Waals surface area contributed by atoms with Crippen molar-refractivity contribution in [3.8, 4) is 0 Å². The van der Waals surface area contributed by atoms with Crippen molar-refractivity contribution in [1.82, 2.24) is 0 Å². The van der Waals surface area contributed by atoms with E-state index in [2.05, 4.69) is 19.1 Å². The molecule has 1 aromatic heterocycles. The van der Waals surface area contributed by atoms with E-state index in [1.165, 1.54) is 16.5 Å². The molecular weight excluding hydrogens is 248 g/mol. The Bertz CT molecular complexity index is 545. The summed E-state index contributed by atoms with van der Waals surface area (Å²) in [4.78, 5) is 11.9. The van der Waals surface area contributed by atoms with Crippen LogP contribution in [0.1, 0.15) is 28.8 Å². The molecule has 0 saturated heterocycles. The number of carbonyl (C=O) groups is 1. The number of benzene rings is 1. The number of carboxylic acid groups (broad SMARTS) is 1. The maximum absolute atomic E-state index is 10.7. The first-order valence-corrected chi connectivity index (χ1v) is 6.72. The van der Waals surface area contributed by atoms with Crippen molar-refractivity contribution in [3.05, 3.63) is 53.5 Å². The lowest BCUT2D eigenvalue weighted by molar-refractivity contribution is 0.0661. The fourth-order valence-electron chi connectivity index (χ4n) is 1.66. The molecule has 1 heterocycles. The van der Waals surface area contributed by atoms with Gasteiger partial charge in [0.15, 0.2) is 0 Å². The Kier molecular flexibility index (Phi) is 4.10. The summed E-state index contributed by atoms with van der Waals surface area (Å²) in [6.45, 7) is 2.12. The molecule has 0 bridgehead atoms. The number of hydrogen-bond donors (Lipinski definition) is 1. The van der Waals surface area contributed by atoms with E-state index in [0.717, 1.165) is 6.42 Å². The monoisotopic (exact) mass is 262 g/mol. The average Bonchev–Trinajstić information content (AvgIpc) is 2.85. The van der Waals surface area contributed by atoms with Gasteiger partial charge in [-0.15, -0.1) is 11.8 Å². The van der Waals surface area contributed by atoms with Crippen molar-refractivity contribution in [2.45, 2.75) is 24.0 Å². The second-order valence-corrected chi connectivity index (χ2v) is 4.84. The molecule has 4 heteroatoms. The topological polar surface area (TPSA) is 50.4 Å². The molecule has 0 amide bonds. The van der Waals surface area contributed by atoms with Gasteiger partial charge in [-0.25, -0.2) is 4.79 Å². The summed E-state index contributed by atoms with van der Waals surface area (Å²) in [5.74, 6) is 0.294. The van der Waals surface area contributed by atoms with Gasteiger partial charge in [0.2, 0.25) is 5.76 Å². The fourth-order valence-corrected chi connectivity index (χ4v) is 2.68. The van der Waals surface area contributed by atoms with E-state index < -0.39 is 5.97 Å². The third-order valence-corrected chi connectivity index (χ3v) is 3.73. The quantitative estimate of drug-likeness (QED) is 0.832. The van der Waals surface area contributed by atoms with Gasteiger partial charge in [0.05, 0.1) is 5.75 Å². The van der Waals surface area contributed by atoms with Gasteiger partial charge >= 0.3 is 5.97 Å². The molecule has 0 unspecified atom stereocenters. The summed E-state index contributed by atoms with van der Waals surface area (Å²) < 4.78 is 5.22. The average molecular weight is 262 g/mol. The molecule has 2 rings (SSSR count). The fraction of sp³-hybridized carbons (Fsp3) is 0.214. The van der Waals surface area contributed by atoms with Crippen LogP contribution in [0.25, 0.3) is 0 Å². The van der Waals surface area contributed by atoms with Crippen LogP contribution >= 0.6 is 11.8 Å². The predicted octanol–water partition coefficient (Wildman–Crippen LogP) is 3.83. The van der Waals surface area contributed by atoms with Crippen LogP contribution in [0.5, 0.6) is 0 Å². The van der Waals surface area contributed by atoms with Crippen LogP contribution in [0, 0.1) is 0 Å². The first-order valence-electron chi connectivity index (χ1n) is 5.73. The summed E-state index contributed by atoms with van der Waals surface area (Å²) in [6.07, 6.45) is 0.988. The Morgan fingerprint density at radius 3 is 2.72 bits per heavy atom. The van der Waals surface area contributed by atoms with E-state index in [4.69, 9.17) is 9.52 Å². The van der Waals surface area contributed by atoms with Crippen LogP contribution < -0.4 is 0 Å². The predicted molar refractivity (Wildman–Crippen MR) is 71.0 cm³/mol. The molecule has 0 atom stereocenters. The molecule has 0 spiro atoms. The summed E-state index contributed by atoms with van der Waals surface area (Å²) in [5.41, 5.74) is 1.30. The molecule has 0 aliphatic heterocycles. The Hall–Kier alpha value is -1.68. The van der Waals surface area contributed by atoms with Gasteiger partial charge in [-0.3, -0.25) is 0 Å². The van der Waals surface area contributed by atoms with E-state index in [-0.39, 0.29) is 5.76 Å². The van der Waals surface area contributed by atoms with Crippen molar-refractivity contribution in [2.24, 2.45) is 0 Å². The number of hydrogen-bond acceptors (Lipinski definition) is 3. The molecule has 18 heavy (non-hydrogen) atoms. The van der Waals surface area contributed by atoms with E-state index in [9.17, 15) is 4.79 Å². The second-order valence-electron chi connectivity index (χ2n) is 3.82. The van der Waals surface area contributed by atoms with Crippen LogP contribution in [-0.2, 0) is 12.2 Å². The molecule has 0 radical (unpaired) electrons. The Balaban J connectivity index is 2.04. The minimum Gasteiger partial charge on any atom is -0.475 e. The van der Waals surface area contributed by atoms with Gasteiger partial charge in [-0.1, -0.05) is 25.1 Å². The molecule has 2 aromatic rings. The van der Waals surface area contributed by atoms with Crippen molar-refractivity contribution >= 4 is 17.7 Å². The van der Waals surface area contributed by atoms with E-state index in [0.29, 0.717) is 11.5 Å². The van der Waals surface area contributed by atoms with Crippen molar-refractivity contribution in [1.29, 1.82) is 0 Å². The zero-order valence-electron chi connectivity index (χ0n) is 10.1. The molecule has 3 nitrogen and oxygen atoms in total. The second kappa shape index (κ2) is 5.78. The number of furan rings is 1. The van der Waals surface area contributed by atoms with Gasteiger partial charge in [0, 0.05) is 4.90 Å². The van der Waals surface area contributed by atoms with Crippen LogP contribution in [-0.4, -0.2) is 11.1 Å². The van der Waals surface area contributed by atoms with Gasteiger partial charge in [0.1, 0.15) is 5.76 Å². The first-order chi connectivity index (χ1) is 8.70. The van der Waals surface area contributed by atoms with Gasteiger partial charge in [-0.2, -0.15) is 0 Å². The van der Waals surface area contributed by atoms with Crippen LogP contribution in [0.15, 0.2) is 45.7 Å². The number of aromatic carboxylic acids is 1. The van der Waals surface area contributed by atoms with Crippen LogP contribution in [0.2, 0.25) is 0 Å². The highest BCUT2D eigenvalue weighted by atomic mass is 32.2. The van der Waals surface area contributed by atoms with Crippen molar-refractivity contribution in [2.75, 3.05) is 0 Å². The maximum atomic E-state index is 10.7. The summed E-state index contributed by atoms with van der Waals surface area (Å²) in [5, 5.41) is 8.77. The first kappa shape index (κ1) is 12.8. The summed E-state index contributed by atoms with van der Waals surface area (Å²) in [6, 6.07) is 11.4. The maximum Gasteiger partial charge on any atom is 0.371 e. The van der Waals surface area contributed by atoms with Gasteiger partial charge in [0.25, 0.3) is 0 Å². The number of rotatable bonds is 5. The van der Waals surface area contributed by atoms with Crippen molar-refractivity contribution < 1.29 is 14.3 Å². The lowest BCUT2D eigenvalue weighted by Crippen LogP contribution is -1.91. The minimum atomic E-state index is -1.03. The van der Waals surface area contributed by atoms with E-state index in [1.54, 1.807) is 17.8 Å². The molecule has 94 valence electrons.